The van der Waals surface area contributed by atoms with Crippen molar-refractivity contribution in [2.45, 2.75) is 25.9 Å². The second kappa shape index (κ2) is 9.31. The van der Waals surface area contributed by atoms with E-state index >= 15 is 0 Å². The molecule has 24 heavy (non-hydrogen) atoms. The summed E-state index contributed by atoms with van der Waals surface area (Å²) in [6, 6.07) is 5.21. The number of hydrogen-bond donors (Lipinski definition) is 4. The molecule has 0 aromatic heterocycles. The molecule has 130 valence electrons. The SMILES string of the molecule is CCCOC1Cc2cccc(O)c2NC1=O.O=C(O)/C=C\C(=O)O. The summed E-state index contributed by atoms with van der Waals surface area (Å²) in [6.45, 7) is 2.58. The van der Waals surface area contributed by atoms with Crippen LogP contribution in [0.5, 0.6) is 5.75 Å². The number of aromatic hydroxyl groups is 1. The van der Waals surface area contributed by atoms with Crippen LogP contribution in [0.3, 0.4) is 0 Å². The first kappa shape index (κ1) is 19.2. The predicted octanol–water partition coefficient (Wildman–Crippen LogP) is 1.39. The number of rotatable bonds is 5. The Balaban J connectivity index is 0.000000307. The lowest BCUT2D eigenvalue weighted by Crippen LogP contribution is -2.36. The molecule has 0 aliphatic carbocycles. The van der Waals surface area contributed by atoms with Gasteiger partial charge in [0.05, 0.1) is 5.69 Å². The van der Waals surface area contributed by atoms with E-state index < -0.39 is 18.0 Å². The van der Waals surface area contributed by atoms with Crippen molar-refractivity contribution in [1.82, 2.24) is 0 Å². The molecule has 0 radical (unpaired) electrons. The number of phenolic OH excluding ortho intramolecular Hbond substituents is 1. The Morgan fingerprint density at radius 2 is 1.92 bits per heavy atom. The summed E-state index contributed by atoms with van der Waals surface area (Å²) < 4.78 is 5.45. The Kier molecular flexibility index (Phi) is 7.44. The van der Waals surface area contributed by atoms with Crippen molar-refractivity contribution < 1.29 is 34.4 Å². The normalized spacial score (nSPS) is 15.9. The third-order valence-corrected chi connectivity index (χ3v) is 2.97. The fourth-order valence-corrected chi connectivity index (χ4v) is 1.93. The smallest absolute Gasteiger partial charge is 0.328 e. The highest BCUT2D eigenvalue weighted by molar-refractivity contribution is 5.98. The summed E-state index contributed by atoms with van der Waals surface area (Å²) in [5, 5.41) is 27.9. The van der Waals surface area contributed by atoms with Gasteiger partial charge in [-0.1, -0.05) is 19.1 Å². The number of ether oxygens (including phenoxy) is 1. The highest BCUT2D eigenvalue weighted by Gasteiger charge is 2.27. The molecule has 1 aromatic carbocycles. The number of nitrogens with one attached hydrogen (secondary N) is 1. The Labute approximate surface area is 138 Å². The van der Waals surface area contributed by atoms with E-state index in [0.717, 1.165) is 12.0 Å². The van der Waals surface area contributed by atoms with E-state index in [2.05, 4.69) is 5.32 Å². The van der Waals surface area contributed by atoms with Crippen molar-refractivity contribution in [2.75, 3.05) is 11.9 Å². The Hall–Kier alpha value is -2.87. The molecule has 0 bridgehead atoms. The maximum absolute atomic E-state index is 11.7. The molecule has 1 aliphatic heterocycles. The zero-order valence-electron chi connectivity index (χ0n) is 13.1. The molecule has 2 rings (SSSR count). The van der Waals surface area contributed by atoms with Crippen molar-refractivity contribution in [1.29, 1.82) is 0 Å². The lowest BCUT2D eigenvalue weighted by atomic mass is 10.0. The predicted molar refractivity (Wildman–Crippen MR) is 84.9 cm³/mol. The summed E-state index contributed by atoms with van der Waals surface area (Å²) in [4.78, 5) is 30.8. The number of amides is 1. The van der Waals surface area contributed by atoms with Crippen LogP contribution in [0.1, 0.15) is 18.9 Å². The van der Waals surface area contributed by atoms with Crippen molar-refractivity contribution in [3.05, 3.63) is 35.9 Å². The topological polar surface area (TPSA) is 133 Å². The lowest BCUT2D eigenvalue weighted by Gasteiger charge is -2.25. The summed E-state index contributed by atoms with van der Waals surface area (Å²) in [7, 11) is 0. The first-order valence-corrected chi connectivity index (χ1v) is 7.22. The van der Waals surface area contributed by atoms with Gasteiger partial charge < -0.3 is 25.4 Å². The second-order valence-electron chi connectivity index (χ2n) is 4.87. The van der Waals surface area contributed by atoms with E-state index in [1.54, 1.807) is 12.1 Å². The molecule has 1 aromatic rings. The van der Waals surface area contributed by atoms with Crippen LogP contribution in [0.15, 0.2) is 30.4 Å². The fourth-order valence-electron chi connectivity index (χ4n) is 1.93. The average molecular weight is 337 g/mol. The van der Waals surface area contributed by atoms with Gasteiger partial charge in [-0.3, -0.25) is 4.79 Å². The number of carboxylic acid groups (broad SMARTS) is 2. The minimum absolute atomic E-state index is 0.111. The summed E-state index contributed by atoms with van der Waals surface area (Å²) >= 11 is 0. The van der Waals surface area contributed by atoms with Crippen molar-refractivity contribution in [3.63, 3.8) is 0 Å². The highest BCUT2D eigenvalue weighted by atomic mass is 16.5. The summed E-state index contributed by atoms with van der Waals surface area (Å²) in [5.74, 6) is -2.58. The summed E-state index contributed by atoms with van der Waals surface area (Å²) in [6.07, 6.45) is 2.09. The molecule has 0 spiro atoms. The van der Waals surface area contributed by atoms with Gasteiger partial charge in [0.2, 0.25) is 0 Å². The fraction of sp³-hybridized carbons (Fsp3) is 0.312. The number of para-hydroxylation sites is 1. The quantitative estimate of drug-likeness (QED) is 0.471. The molecule has 8 heteroatoms. The number of fused-ring (bicyclic) bond motifs is 1. The van der Waals surface area contributed by atoms with Gasteiger partial charge in [0.25, 0.3) is 5.91 Å². The van der Waals surface area contributed by atoms with Crippen LogP contribution >= 0.6 is 0 Å². The number of carboxylic acids is 2. The molecule has 1 aliphatic rings. The Morgan fingerprint density at radius 1 is 1.29 bits per heavy atom. The van der Waals surface area contributed by atoms with Crippen LogP contribution in [-0.2, 0) is 25.5 Å². The highest BCUT2D eigenvalue weighted by Crippen LogP contribution is 2.31. The number of phenols is 1. The molecule has 4 N–H and O–H groups in total. The molecule has 1 unspecified atom stereocenters. The van der Waals surface area contributed by atoms with Crippen molar-refractivity contribution in [3.8, 4) is 5.75 Å². The molecule has 0 fully saturated rings. The van der Waals surface area contributed by atoms with Gasteiger partial charge in [-0.2, -0.15) is 0 Å². The number of aliphatic carboxylic acids is 2. The van der Waals surface area contributed by atoms with Crippen LogP contribution in [0.25, 0.3) is 0 Å². The van der Waals surface area contributed by atoms with Crippen molar-refractivity contribution >= 4 is 23.5 Å². The van der Waals surface area contributed by atoms with Gasteiger partial charge in [0.15, 0.2) is 0 Å². The van der Waals surface area contributed by atoms with E-state index in [9.17, 15) is 19.5 Å². The molecule has 0 saturated heterocycles. The molecule has 1 atom stereocenters. The molecular weight excluding hydrogens is 318 g/mol. The van der Waals surface area contributed by atoms with E-state index in [0.29, 0.717) is 30.9 Å². The third-order valence-electron chi connectivity index (χ3n) is 2.97. The van der Waals surface area contributed by atoms with Gasteiger partial charge in [0.1, 0.15) is 11.9 Å². The maximum atomic E-state index is 11.7. The van der Waals surface area contributed by atoms with Crippen LogP contribution in [0, 0.1) is 0 Å². The number of anilines is 1. The molecule has 1 amide bonds. The largest absolute Gasteiger partial charge is 0.506 e. The molecule has 8 nitrogen and oxygen atoms in total. The van der Waals surface area contributed by atoms with E-state index in [4.69, 9.17) is 14.9 Å². The minimum atomic E-state index is -1.26. The maximum Gasteiger partial charge on any atom is 0.328 e. The number of carbonyl (C=O) groups is 3. The van der Waals surface area contributed by atoms with E-state index in [1.807, 2.05) is 13.0 Å². The monoisotopic (exact) mass is 337 g/mol. The minimum Gasteiger partial charge on any atom is -0.506 e. The van der Waals surface area contributed by atoms with E-state index in [-0.39, 0.29) is 11.7 Å². The van der Waals surface area contributed by atoms with Crippen LogP contribution < -0.4 is 5.32 Å². The lowest BCUT2D eigenvalue weighted by molar-refractivity contribution is -0.134. The summed E-state index contributed by atoms with van der Waals surface area (Å²) in [5.41, 5.74) is 1.43. The van der Waals surface area contributed by atoms with Gasteiger partial charge >= 0.3 is 11.9 Å². The van der Waals surface area contributed by atoms with E-state index in [1.165, 1.54) is 0 Å². The zero-order valence-corrected chi connectivity index (χ0v) is 13.1. The number of benzene rings is 1. The second-order valence-corrected chi connectivity index (χ2v) is 4.87. The van der Waals surface area contributed by atoms with Gasteiger partial charge in [-0.05, 0) is 18.1 Å². The molecule has 1 heterocycles. The number of carbonyl (C=O) groups excluding carboxylic acids is 1. The van der Waals surface area contributed by atoms with Crippen molar-refractivity contribution in [2.24, 2.45) is 0 Å². The van der Waals surface area contributed by atoms with Crippen LogP contribution in [-0.4, -0.2) is 45.9 Å². The van der Waals surface area contributed by atoms with Gasteiger partial charge in [-0.25, -0.2) is 9.59 Å². The Morgan fingerprint density at radius 3 is 2.46 bits per heavy atom. The molecular formula is C16H19NO7. The van der Waals surface area contributed by atoms with Crippen LogP contribution in [0.4, 0.5) is 5.69 Å². The third kappa shape index (κ3) is 6.09. The van der Waals surface area contributed by atoms with Gasteiger partial charge in [-0.15, -0.1) is 0 Å². The standard InChI is InChI=1S/C12H15NO3.C4H4O4/c1-2-6-16-10-7-8-4-3-5-9(14)11(8)13-12(10)15;5-3(6)1-2-4(7)8/h3-5,10,14H,2,6-7H2,1H3,(H,13,15);1-2H,(H,5,6)(H,7,8)/b;2-1-. The first-order chi connectivity index (χ1) is 11.3. The van der Waals surface area contributed by atoms with Gasteiger partial charge in [0, 0.05) is 25.2 Å². The first-order valence-electron chi connectivity index (χ1n) is 7.22. The molecule has 0 saturated carbocycles. The average Bonchev–Trinajstić information content (AvgIpc) is 2.52. The zero-order chi connectivity index (χ0) is 18.1. The van der Waals surface area contributed by atoms with Crippen LogP contribution in [0.2, 0.25) is 0 Å². The Bertz CT molecular complexity index is 623. The number of hydrogen-bond acceptors (Lipinski definition) is 5.